The van der Waals surface area contributed by atoms with Crippen LogP contribution < -0.4 is 15.2 Å². The Kier molecular flexibility index (Phi) is 6.88. The van der Waals surface area contributed by atoms with E-state index in [9.17, 15) is 19.2 Å². The molecule has 0 saturated carbocycles. The van der Waals surface area contributed by atoms with E-state index in [1.165, 1.54) is 28.1 Å². The first kappa shape index (κ1) is 21.8. The predicted molar refractivity (Wildman–Crippen MR) is 109 cm³/mol. The van der Waals surface area contributed by atoms with Gasteiger partial charge in [0.1, 0.15) is 17.3 Å². The molecule has 0 radical (unpaired) electrons. The maximum atomic E-state index is 12.3. The van der Waals surface area contributed by atoms with Crippen LogP contribution in [0.5, 0.6) is 11.5 Å². The maximum Gasteiger partial charge on any atom is 0.174 e. The Balaban J connectivity index is 2.52. The Morgan fingerprint density at radius 2 is 1.38 bits per heavy atom. The lowest BCUT2D eigenvalue weighted by atomic mass is 9.95. The molecule has 0 bridgehead atoms. The molecule has 0 spiro atoms. The lowest BCUT2D eigenvalue weighted by Gasteiger charge is -2.15. The summed E-state index contributed by atoms with van der Waals surface area (Å²) >= 11 is 0. The predicted octanol–water partition coefficient (Wildman–Crippen LogP) is 3.28. The van der Waals surface area contributed by atoms with Gasteiger partial charge in [0.05, 0.1) is 43.9 Å². The van der Waals surface area contributed by atoms with Crippen LogP contribution in [0.2, 0.25) is 0 Å². The Bertz CT molecular complexity index is 993. The lowest BCUT2D eigenvalue weighted by Crippen LogP contribution is -2.09. The Labute approximate surface area is 168 Å². The third kappa shape index (κ3) is 4.87. The van der Waals surface area contributed by atoms with Crippen LogP contribution in [0.25, 0.3) is 11.1 Å². The van der Waals surface area contributed by atoms with E-state index in [0.29, 0.717) is 22.4 Å². The molecule has 2 N–H and O–H groups in total. The summed E-state index contributed by atoms with van der Waals surface area (Å²) in [7, 11) is 2.82. The molecule has 0 unspecified atom stereocenters. The van der Waals surface area contributed by atoms with Crippen molar-refractivity contribution >= 4 is 28.8 Å². The normalized spacial score (nSPS) is 10.3. The van der Waals surface area contributed by atoms with Gasteiger partial charge in [0.15, 0.2) is 17.3 Å². The number of hydrogen-bond donors (Lipinski definition) is 1. The van der Waals surface area contributed by atoms with Gasteiger partial charge in [-0.1, -0.05) is 12.1 Å². The summed E-state index contributed by atoms with van der Waals surface area (Å²) in [6.45, 7) is 2.68. The fraction of sp³-hybridized carbons (Fsp3) is 0.273. The lowest BCUT2D eigenvalue weighted by molar-refractivity contribution is -0.117. The Morgan fingerprint density at radius 1 is 0.828 bits per heavy atom. The van der Waals surface area contributed by atoms with Crippen LogP contribution in [0, 0.1) is 0 Å². The van der Waals surface area contributed by atoms with Crippen molar-refractivity contribution in [1.29, 1.82) is 0 Å². The topological polar surface area (TPSA) is 113 Å². The van der Waals surface area contributed by atoms with Crippen molar-refractivity contribution in [3.8, 4) is 22.6 Å². The van der Waals surface area contributed by atoms with Crippen molar-refractivity contribution in [2.24, 2.45) is 0 Å². The second-order valence-electron chi connectivity index (χ2n) is 6.63. The summed E-state index contributed by atoms with van der Waals surface area (Å²) < 4.78 is 10.6. The van der Waals surface area contributed by atoms with Crippen LogP contribution in [0.4, 0.5) is 5.69 Å². The average molecular weight is 397 g/mol. The number of carbonyl (C=O) groups excluding carboxylic acids is 4. The molecule has 7 heteroatoms. The van der Waals surface area contributed by atoms with E-state index in [0.717, 1.165) is 0 Å². The number of ketones is 4. The highest BCUT2D eigenvalue weighted by molar-refractivity contribution is 6.11. The van der Waals surface area contributed by atoms with E-state index in [-0.39, 0.29) is 53.0 Å². The second-order valence-corrected chi connectivity index (χ2v) is 6.63. The first-order valence-electron chi connectivity index (χ1n) is 8.89. The van der Waals surface area contributed by atoms with Crippen LogP contribution in [-0.2, 0) is 9.59 Å². The van der Waals surface area contributed by atoms with Crippen LogP contribution in [0.1, 0.15) is 47.4 Å². The number of Topliss-reactive ketones (excluding diaryl/α,β-unsaturated/α-hetero) is 4. The zero-order chi connectivity index (χ0) is 21.7. The molecular formula is C22H23NO6. The standard InChI is InChI=1S/C22H23NO6/c1-12(24)9-18(26)16-6-5-14(11-20(16)28-3)15-7-8-17(19(27)10-13(2)25)22(29-4)21(15)23/h5-8,11H,9-10,23H2,1-4H3. The van der Waals surface area contributed by atoms with Crippen LogP contribution in [-0.4, -0.2) is 37.4 Å². The highest BCUT2D eigenvalue weighted by atomic mass is 16.5. The van der Waals surface area contributed by atoms with E-state index in [1.54, 1.807) is 30.3 Å². The molecule has 2 aromatic rings. The minimum atomic E-state index is -0.379. The second kappa shape index (κ2) is 9.14. The van der Waals surface area contributed by atoms with Gasteiger partial charge in [-0.15, -0.1) is 0 Å². The van der Waals surface area contributed by atoms with Gasteiger partial charge in [-0.3, -0.25) is 19.2 Å². The zero-order valence-corrected chi connectivity index (χ0v) is 16.8. The SMILES string of the molecule is COc1cc(-c2ccc(C(=O)CC(C)=O)c(OC)c2N)ccc1C(=O)CC(C)=O. The fourth-order valence-corrected chi connectivity index (χ4v) is 3.02. The number of anilines is 1. The number of benzene rings is 2. The quantitative estimate of drug-likeness (QED) is 0.392. The molecule has 0 aliphatic carbocycles. The highest BCUT2D eigenvalue weighted by Gasteiger charge is 2.21. The van der Waals surface area contributed by atoms with Gasteiger partial charge in [-0.2, -0.15) is 0 Å². The van der Waals surface area contributed by atoms with Crippen molar-refractivity contribution in [3.63, 3.8) is 0 Å². The van der Waals surface area contributed by atoms with E-state index in [1.807, 2.05) is 0 Å². The van der Waals surface area contributed by atoms with Crippen LogP contribution in [0.15, 0.2) is 30.3 Å². The van der Waals surface area contributed by atoms with Crippen LogP contribution in [0.3, 0.4) is 0 Å². The number of ether oxygens (including phenoxy) is 2. The first-order chi connectivity index (χ1) is 13.7. The molecule has 0 saturated heterocycles. The third-order valence-corrected chi connectivity index (χ3v) is 4.33. The molecule has 0 aliphatic rings. The Hall–Kier alpha value is -3.48. The number of hydrogen-bond acceptors (Lipinski definition) is 7. The largest absolute Gasteiger partial charge is 0.496 e. The summed E-state index contributed by atoms with van der Waals surface area (Å²) in [5.41, 5.74) is 8.20. The summed E-state index contributed by atoms with van der Waals surface area (Å²) in [6, 6.07) is 8.09. The van der Waals surface area contributed by atoms with Gasteiger partial charge < -0.3 is 15.2 Å². The molecule has 0 fully saturated rings. The summed E-state index contributed by atoms with van der Waals surface area (Å²) in [4.78, 5) is 47.1. The van der Waals surface area contributed by atoms with E-state index >= 15 is 0 Å². The van der Waals surface area contributed by atoms with Gasteiger partial charge in [0.2, 0.25) is 0 Å². The molecule has 7 nitrogen and oxygen atoms in total. The van der Waals surface area contributed by atoms with Crippen molar-refractivity contribution in [2.75, 3.05) is 20.0 Å². The monoisotopic (exact) mass is 397 g/mol. The molecule has 0 amide bonds. The van der Waals surface area contributed by atoms with Gasteiger partial charge in [0.25, 0.3) is 0 Å². The number of nitrogen functional groups attached to an aromatic ring is 1. The summed E-state index contributed by atoms with van der Waals surface area (Å²) in [5, 5.41) is 0. The molecule has 0 aliphatic heterocycles. The van der Waals surface area contributed by atoms with Gasteiger partial charge in [-0.25, -0.2) is 0 Å². The van der Waals surface area contributed by atoms with Gasteiger partial charge in [0, 0.05) is 5.56 Å². The van der Waals surface area contributed by atoms with E-state index in [4.69, 9.17) is 15.2 Å². The molecular weight excluding hydrogens is 374 g/mol. The first-order valence-corrected chi connectivity index (χ1v) is 8.89. The molecule has 152 valence electrons. The van der Waals surface area contributed by atoms with Crippen molar-refractivity contribution < 1.29 is 28.7 Å². The number of carbonyl (C=O) groups is 4. The minimum Gasteiger partial charge on any atom is -0.496 e. The molecule has 0 heterocycles. The number of nitrogens with two attached hydrogens (primary N) is 1. The molecule has 2 rings (SSSR count). The fourth-order valence-electron chi connectivity index (χ4n) is 3.02. The number of methoxy groups -OCH3 is 2. The van der Waals surface area contributed by atoms with Crippen LogP contribution >= 0.6 is 0 Å². The molecule has 0 aromatic heterocycles. The molecule has 29 heavy (non-hydrogen) atoms. The highest BCUT2D eigenvalue weighted by Crippen LogP contribution is 2.38. The Morgan fingerprint density at radius 3 is 1.90 bits per heavy atom. The zero-order valence-electron chi connectivity index (χ0n) is 16.8. The maximum absolute atomic E-state index is 12.3. The average Bonchev–Trinajstić information content (AvgIpc) is 2.66. The van der Waals surface area contributed by atoms with Crippen molar-refractivity contribution in [1.82, 2.24) is 0 Å². The van der Waals surface area contributed by atoms with E-state index < -0.39 is 0 Å². The van der Waals surface area contributed by atoms with Gasteiger partial charge in [-0.05, 0) is 37.6 Å². The minimum absolute atomic E-state index is 0.185. The summed E-state index contributed by atoms with van der Waals surface area (Å²) in [5.74, 6) is -0.712. The molecule has 2 aromatic carbocycles. The number of rotatable bonds is 9. The van der Waals surface area contributed by atoms with Crippen molar-refractivity contribution in [3.05, 3.63) is 41.5 Å². The van der Waals surface area contributed by atoms with E-state index in [2.05, 4.69) is 0 Å². The van der Waals surface area contributed by atoms with Gasteiger partial charge >= 0.3 is 0 Å². The summed E-state index contributed by atoms with van der Waals surface area (Å²) in [6.07, 6.45) is -0.450. The molecule has 0 atom stereocenters. The van der Waals surface area contributed by atoms with Crippen molar-refractivity contribution in [2.45, 2.75) is 26.7 Å². The smallest absolute Gasteiger partial charge is 0.174 e. The third-order valence-electron chi connectivity index (χ3n) is 4.33.